The van der Waals surface area contributed by atoms with E-state index in [1.165, 1.54) is 32.1 Å². The minimum atomic E-state index is -2.54. The second kappa shape index (κ2) is 11.5. The van der Waals surface area contributed by atoms with Crippen molar-refractivity contribution in [1.29, 1.82) is 0 Å². The van der Waals surface area contributed by atoms with Gasteiger partial charge in [0, 0.05) is 46.0 Å². The van der Waals surface area contributed by atoms with Crippen LogP contribution < -0.4 is 0 Å². The maximum absolute atomic E-state index is 15.0. The molecule has 1 N–H and O–H groups in total. The van der Waals surface area contributed by atoms with Crippen LogP contribution in [0.4, 0.5) is 4.39 Å². The van der Waals surface area contributed by atoms with Crippen LogP contribution in [0.2, 0.25) is 0 Å². The molecule has 0 bridgehead atoms. The zero-order chi connectivity index (χ0) is 29.3. The SMILES string of the molecule is CC(=O)/C=C(/C)O.[2H]C([2H])([2H])c1[c-]c(-c2ncc(C(C)C)c3cc(F)c4ccccc4c23)cc(C([2H])([2H])[2H])c1.[Ir]. The van der Waals surface area contributed by atoms with E-state index in [9.17, 15) is 9.18 Å². The van der Waals surface area contributed by atoms with Gasteiger partial charge in [-0.3, -0.25) is 4.79 Å². The van der Waals surface area contributed by atoms with Crippen molar-refractivity contribution in [1.82, 2.24) is 4.98 Å². The molecule has 5 heteroatoms. The molecule has 0 saturated heterocycles. The smallest absolute Gasteiger partial charge is 0.155 e. The van der Waals surface area contributed by atoms with Gasteiger partial charge in [0.05, 0.1) is 5.76 Å². The van der Waals surface area contributed by atoms with Crippen molar-refractivity contribution in [3.05, 3.63) is 89.1 Å². The Hall–Kier alpha value is -2.88. The minimum Gasteiger partial charge on any atom is -0.512 e. The number of aromatic nitrogens is 1. The fourth-order valence-corrected chi connectivity index (χ4v) is 3.74. The first kappa shape index (κ1) is 19.4. The standard InChI is InChI=1S/C24H21FN.C5H8O2.Ir/c1-14(2)21-13-26-24(17-10-15(3)9-16(4)11-17)23-19-8-6-5-7-18(19)22(25)12-20(21)23;1-4(6)3-5(2)7;/h5-10,12-14H,1-4H3;3,6H,1-2H3;/q-1;;/b;4-3-;/i3D3,4D3;;. The van der Waals surface area contributed by atoms with Crippen molar-refractivity contribution < 1.29 is 42.6 Å². The van der Waals surface area contributed by atoms with Gasteiger partial charge in [0.25, 0.3) is 0 Å². The van der Waals surface area contributed by atoms with Crippen molar-refractivity contribution in [3.63, 3.8) is 0 Å². The Labute approximate surface area is 222 Å². The number of nitrogens with zero attached hydrogens (tertiary/aromatic N) is 1. The summed E-state index contributed by atoms with van der Waals surface area (Å²) in [5.74, 6) is -0.363. The number of carbonyl (C=O) groups is 1. The molecule has 1 heterocycles. The molecule has 0 saturated carbocycles. The van der Waals surface area contributed by atoms with Gasteiger partial charge in [0.15, 0.2) is 5.78 Å². The van der Waals surface area contributed by atoms with E-state index in [0.29, 0.717) is 27.2 Å². The molecular formula is C29H29FIrNO2-. The second-order valence-electron chi connectivity index (χ2n) is 8.14. The van der Waals surface area contributed by atoms with Gasteiger partial charge in [-0.2, -0.15) is 0 Å². The summed E-state index contributed by atoms with van der Waals surface area (Å²) in [7, 11) is 0. The van der Waals surface area contributed by atoms with E-state index in [1.807, 2.05) is 13.8 Å². The molecule has 1 aromatic heterocycles. The summed E-state index contributed by atoms with van der Waals surface area (Å²) in [6.45, 7) is 1.76. The molecule has 0 aliphatic carbocycles. The summed E-state index contributed by atoms with van der Waals surface area (Å²) < 4.78 is 61.8. The number of halogens is 1. The number of fused-ring (bicyclic) bond motifs is 3. The average Bonchev–Trinajstić information content (AvgIpc) is 2.81. The van der Waals surface area contributed by atoms with E-state index in [-0.39, 0.29) is 60.1 Å². The van der Waals surface area contributed by atoms with Gasteiger partial charge in [0.1, 0.15) is 5.82 Å². The van der Waals surface area contributed by atoms with Crippen LogP contribution in [-0.4, -0.2) is 15.9 Å². The summed E-state index contributed by atoms with van der Waals surface area (Å²) in [6.07, 6.45) is 2.81. The van der Waals surface area contributed by atoms with Crippen LogP contribution in [0.3, 0.4) is 0 Å². The van der Waals surface area contributed by atoms with Crippen molar-refractivity contribution in [2.75, 3.05) is 0 Å². The van der Waals surface area contributed by atoms with Crippen molar-refractivity contribution in [2.24, 2.45) is 0 Å². The molecule has 179 valence electrons. The van der Waals surface area contributed by atoms with E-state index in [4.69, 9.17) is 13.3 Å². The summed E-state index contributed by atoms with van der Waals surface area (Å²) in [5.41, 5.74) is 1.16. The molecule has 0 atom stereocenters. The topological polar surface area (TPSA) is 50.2 Å². The monoisotopic (exact) mass is 641 g/mol. The van der Waals surface area contributed by atoms with Gasteiger partial charge in [0.2, 0.25) is 0 Å². The van der Waals surface area contributed by atoms with Gasteiger partial charge in [-0.15, -0.1) is 34.9 Å². The van der Waals surface area contributed by atoms with Gasteiger partial charge in [-0.05, 0) is 53.2 Å². The Morgan fingerprint density at radius 3 is 2.38 bits per heavy atom. The van der Waals surface area contributed by atoms with E-state index in [0.717, 1.165) is 11.6 Å². The van der Waals surface area contributed by atoms with Gasteiger partial charge in [-0.25, -0.2) is 4.39 Å². The number of carbonyl (C=O) groups excluding carboxylic acids is 1. The van der Waals surface area contributed by atoms with Crippen molar-refractivity contribution in [2.45, 2.75) is 47.3 Å². The normalized spacial score (nSPS) is 14.6. The molecule has 4 aromatic rings. The quantitative estimate of drug-likeness (QED) is 0.108. The molecule has 3 nitrogen and oxygen atoms in total. The summed E-state index contributed by atoms with van der Waals surface area (Å²) >= 11 is 0. The van der Waals surface area contributed by atoms with E-state index >= 15 is 0 Å². The van der Waals surface area contributed by atoms with Gasteiger partial charge < -0.3 is 10.1 Å². The Morgan fingerprint density at radius 1 is 1.12 bits per heavy atom. The molecule has 0 aliphatic heterocycles. The number of aliphatic hydroxyl groups excluding tert-OH is 1. The third-order valence-electron chi connectivity index (χ3n) is 5.03. The molecular weight excluding hydrogens is 606 g/mol. The Balaban J connectivity index is 0.000000623. The molecule has 34 heavy (non-hydrogen) atoms. The maximum Gasteiger partial charge on any atom is 0.155 e. The van der Waals surface area contributed by atoms with Crippen LogP contribution >= 0.6 is 0 Å². The number of pyridine rings is 1. The number of aliphatic hydroxyl groups is 1. The number of ketones is 1. The fourth-order valence-electron chi connectivity index (χ4n) is 3.74. The number of allylic oxidation sites excluding steroid dienone is 2. The average molecular weight is 641 g/mol. The number of rotatable bonds is 3. The summed E-state index contributed by atoms with van der Waals surface area (Å²) in [5, 5.41) is 10.7. The fraction of sp³-hybridized carbons (Fsp3) is 0.241. The second-order valence-corrected chi connectivity index (χ2v) is 8.14. The van der Waals surface area contributed by atoms with Gasteiger partial charge in [-0.1, -0.05) is 51.8 Å². The van der Waals surface area contributed by atoms with E-state index in [1.54, 1.807) is 30.5 Å². The molecule has 0 fully saturated rings. The first-order valence-corrected chi connectivity index (χ1v) is 10.5. The predicted molar refractivity (Wildman–Crippen MR) is 134 cm³/mol. The minimum absolute atomic E-state index is 0. The third kappa shape index (κ3) is 6.16. The predicted octanol–water partition coefficient (Wildman–Crippen LogP) is 7.77. The molecule has 0 amide bonds. The zero-order valence-corrected chi connectivity index (χ0v) is 21.7. The number of benzene rings is 3. The summed E-state index contributed by atoms with van der Waals surface area (Å²) in [4.78, 5) is 14.6. The van der Waals surface area contributed by atoms with Gasteiger partial charge >= 0.3 is 0 Å². The number of hydrogen-bond donors (Lipinski definition) is 1. The largest absolute Gasteiger partial charge is 0.512 e. The zero-order valence-electron chi connectivity index (χ0n) is 25.3. The van der Waals surface area contributed by atoms with Crippen molar-refractivity contribution in [3.8, 4) is 11.3 Å². The molecule has 0 spiro atoms. The van der Waals surface area contributed by atoms with E-state index < -0.39 is 13.7 Å². The third-order valence-corrected chi connectivity index (χ3v) is 5.03. The maximum atomic E-state index is 15.0. The Morgan fingerprint density at radius 2 is 1.82 bits per heavy atom. The molecule has 4 rings (SSSR count). The number of hydrogen-bond acceptors (Lipinski definition) is 3. The van der Waals surface area contributed by atoms with Crippen LogP contribution in [-0.2, 0) is 24.9 Å². The van der Waals surface area contributed by atoms with E-state index in [2.05, 4.69) is 11.1 Å². The van der Waals surface area contributed by atoms with Crippen LogP contribution in [0.1, 0.15) is 58.5 Å². The first-order valence-electron chi connectivity index (χ1n) is 13.5. The van der Waals surface area contributed by atoms with Crippen molar-refractivity contribution >= 4 is 27.3 Å². The Bertz CT molecular complexity index is 1540. The van der Waals surface area contributed by atoms with Crippen LogP contribution in [0.25, 0.3) is 32.8 Å². The van der Waals surface area contributed by atoms with Crippen LogP contribution in [0.5, 0.6) is 0 Å². The van der Waals surface area contributed by atoms with Crippen LogP contribution in [0.15, 0.2) is 60.5 Å². The Kier molecular flexibility index (Phi) is 6.57. The molecule has 0 aliphatic rings. The molecule has 1 radical (unpaired) electrons. The molecule has 0 unspecified atom stereocenters. The molecule has 3 aromatic carbocycles. The van der Waals surface area contributed by atoms with Crippen LogP contribution in [0, 0.1) is 25.6 Å². The summed E-state index contributed by atoms with van der Waals surface area (Å²) in [6, 6.07) is 13.9. The number of aryl methyl sites for hydroxylation is 2. The first-order chi connectivity index (χ1) is 18.0.